The number of benzene rings is 2. The maximum absolute atomic E-state index is 13.0. The highest BCUT2D eigenvalue weighted by molar-refractivity contribution is 7.89. The first kappa shape index (κ1) is 15.3. The third kappa shape index (κ3) is 3.32. The van der Waals surface area contributed by atoms with Crippen molar-refractivity contribution >= 4 is 15.7 Å². The Labute approximate surface area is 122 Å². The second-order valence-corrected chi connectivity index (χ2v) is 6.62. The maximum Gasteiger partial charge on any atom is 0.245 e. The molecule has 0 atom stereocenters. The Morgan fingerprint density at radius 2 is 1.81 bits per heavy atom. The number of sulfonamides is 1. The summed E-state index contributed by atoms with van der Waals surface area (Å²) < 4.78 is 38.9. The Morgan fingerprint density at radius 3 is 2.38 bits per heavy atom. The summed E-state index contributed by atoms with van der Waals surface area (Å²) in [6.07, 6.45) is 0. The first-order chi connectivity index (χ1) is 9.80. The molecule has 0 saturated carbocycles. The number of hydrogen-bond donors (Lipinski definition) is 2. The standard InChI is InChI=1S/C14H15FN2O3S/c1-17(9-10-2-5-12(18)6-3-10)21(19,20)14-7-4-11(15)8-13(14)16/h2-8,18H,9,16H2,1H3. The highest BCUT2D eigenvalue weighted by Crippen LogP contribution is 2.23. The molecular weight excluding hydrogens is 295 g/mol. The van der Waals surface area contributed by atoms with E-state index in [1.165, 1.54) is 19.2 Å². The lowest BCUT2D eigenvalue weighted by molar-refractivity contribution is 0.464. The van der Waals surface area contributed by atoms with Crippen LogP contribution in [0.2, 0.25) is 0 Å². The maximum atomic E-state index is 13.0. The van der Waals surface area contributed by atoms with Crippen LogP contribution in [0.1, 0.15) is 5.56 Å². The number of rotatable bonds is 4. The molecule has 0 heterocycles. The van der Waals surface area contributed by atoms with Gasteiger partial charge in [0.25, 0.3) is 0 Å². The van der Waals surface area contributed by atoms with E-state index in [1.807, 2.05) is 0 Å². The minimum absolute atomic E-state index is 0.104. The zero-order valence-corrected chi connectivity index (χ0v) is 12.1. The molecule has 3 N–H and O–H groups in total. The molecule has 7 heteroatoms. The molecular formula is C14H15FN2O3S. The number of phenolic OH excluding ortho intramolecular Hbond substituents is 1. The van der Waals surface area contributed by atoms with Gasteiger partial charge < -0.3 is 10.8 Å². The van der Waals surface area contributed by atoms with Gasteiger partial charge in [0, 0.05) is 13.6 Å². The van der Waals surface area contributed by atoms with Crippen molar-refractivity contribution in [3.63, 3.8) is 0 Å². The quantitative estimate of drug-likeness (QED) is 0.845. The van der Waals surface area contributed by atoms with Crippen LogP contribution in [0.4, 0.5) is 10.1 Å². The molecule has 0 radical (unpaired) electrons. The number of phenols is 1. The smallest absolute Gasteiger partial charge is 0.245 e. The zero-order valence-electron chi connectivity index (χ0n) is 11.3. The number of nitrogens with zero attached hydrogens (tertiary/aromatic N) is 1. The van der Waals surface area contributed by atoms with Gasteiger partial charge in [-0.2, -0.15) is 4.31 Å². The summed E-state index contributed by atoms with van der Waals surface area (Å²) in [5.41, 5.74) is 6.16. The molecule has 2 rings (SSSR count). The molecule has 21 heavy (non-hydrogen) atoms. The number of anilines is 1. The Morgan fingerprint density at radius 1 is 1.19 bits per heavy atom. The van der Waals surface area contributed by atoms with Crippen molar-refractivity contribution in [2.24, 2.45) is 0 Å². The van der Waals surface area contributed by atoms with E-state index < -0.39 is 15.8 Å². The largest absolute Gasteiger partial charge is 0.508 e. The summed E-state index contributed by atoms with van der Waals surface area (Å²) in [5, 5.41) is 9.21. The van der Waals surface area contributed by atoms with Crippen molar-refractivity contribution < 1.29 is 17.9 Å². The van der Waals surface area contributed by atoms with Gasteiger partial charge in [-0.05, 0) is 35.9 Å². The fraction of sp³-hybridized carbons (Fsp3) is 0.143. The number of hydrogen-bond acceptors (Lipinski definition) is 4. The van der Waals surface area contributed by atoms with E-state index in [0.29, 0.717) is 5.56 Å². The second kappa shape index (κ2) is 5.71. The number of nitrogen functional groups attached to an aromatic ring is 1. The third-order valence-electron chi connectivity index (χ3n) is 3.00. The van der Waals surface area contributed by atoms with Crippen LogP contribution >= 0.6 is 0 Å². The Kier molecular flexibility index (Phi) is 4.15. The minimum atomic E-state index is -3.82. The Balaban J connectivity index is 2.28. The van der Waals surface area contributed by atoms with Crippen molar-refractivity contribution in [1.82, 2.24) is 4.31 Å². The first-order valence-corrected chi connectivity index (χ1v) is 7.54. The average molecular weight is 310 g/mol. The fourth-order valence-corrected chi connectivity index (χ4v) is 3.12. The van der Waals surface area contributed by atoms with Gasteiger partial charge in [-0.3, -0.25) is 0 Å². The van der Waals surface area contributed by atoms with Gasteiger partial charge >= 0.3 is 0 Å². The van der Waals surface area contributed by atoms with Gasteiger partial charge in [-0.15, -0.1) is 0 Å². The molecule has 2 aromatic carbocycles. The fourth-order valence-electron chi connectivity index (χ4n) is 1.87. The number of aromatic hydroxyl groups is 1. The SMILES string of the molecule is CN(Cc1ccc(O)cc1)S(=O)(=O)c1ccc(F)cc1N. The van der Waals surface area contributed by atoms with Crippen LogP contribution in [0, 0.1) is 5.82 Å². The van der Waals surface area contributed by atoms with Gasteiger partial charge in [0.15, 0.2) is 0 Å². The number of halogens is 1. The summed E-state index contributed by atoms with van der Waals surface area (Å²) in [5.74, 6) is -0.486. The summed E-state index contributed by atoms with van der Waals surface area (Å²) in [6, 6.07) is 9.36. The summed E-state index contributed by atoms with van der Waals surface area (Å²) in [6.45, 7) is 0.111. The highest BCUT2D eigenvalue weighted by atomic mass is 32.2. The van der Waals surface area contributed by atoms with Crippen molar-refractivity contribution in [1.29, 1.82) is 0 Å². The molecule has 0 aliphatic rings. The lowest BCUT2D eigenvalue weighted by Crippen LogP contribution is -2.27. The molecule has 0 aliphatic heterocycles. The van der Waals surface area contributed by atoms with Crippen LogP contribution in [0.25, 0.3) is 0 Å². The summed E-state index contributed by atoms with van der Waals surface area (Å²) in [4.78, 5) is -0.134. The van der Waals surface area contributed by atoms with Gasteiger partial charge in [0.2, 0.25) is 10.0 Å². The van der Waals surface area contributed by atoms with E-state index in [4.69, 9.17) is 5.73 Å². The van der Waals surface area contributed by atoms with Crippen molar-refractivity contribution in [2.75, 3.05) is 12.8 Å². The molecule has 112 valence electrons. The van der Waals surface area contributed by atoms with E-state index >= 15 is 0 Å². The van der Waals surface area contributed by atoms with Crippen LogP contribution < -0.4 is 5.73 Å². The molecule has 0 fully saturated rings. The molecule has 2 aromatic rings. The van der Waals surface area contributed by atoms with E-state index in [2.05, 4.69) is 0 Å². The molecule has 0 aromatic heterocycles. The van der Waals surface area contributed by atoms with E-state index in [1.54, 1.807) is 12.1 Å². The lowest BCUT2D eigenvalue weighted by atomic mass is 10.2. The second-order valence-electron chi connectivity index (χ2n) is 4.61. The van der Waals surface area contributed by atoms with E-state index in [-0.39, 0.29) is 22.9 Å². The molecule has 0 amide bonds. The molecule has 0 bridgehead atoms. The average Bonchev–Trinajstić information content (AvgIpc) is 2.40. The third-order valence-corrected chi connectivity index (χ3v) is 4.88. The van der Waals surface area contributed by atoms with Crippen molar-refractivity contribution in [3.05, 3.63) is 53.8 Å². The topological polar surface area (TPSA) is 83.6 Å². The van der Waals surface area contributed by atoms with Crippen molar-refractivity contribution in [2.45, 2.75) is 11.4 Å². The van der Waals surface area contributed by atoms with Crippen molar-refractivity contribution in [3.8, 4) is 5.75 Å². The van der Waals surface area contributed by atoms with Crippen LogP contribution in [-0.4, -0.2) is 24.9 Å². The van der Waals surface area contributed by atoms with Gasteiger partial charge in [0.1, 0.15) is 16.5 Å². The van der Waals surface area contributed by atoms with Crippen LogP contribution in [0.3, 0.4) is 0 Å². The lowest BCUT2D eigenvalue weighted by Gasteiger charge is -2.18. The van der Waals surface area contributed by atoms with Gasteiger partial charge in [0.05, 0.1) is 5.69 Å². The summed E-state index contributed by atoms with van der Waals surface area (Å²) in [7, 11) is -2.41. The highest BCUT2D eigenvalue weighted by Gasteiger charge is 2.23. The predicted octanol–water partition coefficient (Wildman–Crippen LogP) is 1.93. The molecule has 0 unspecified atom stereocenters. The van der Waals surface area contributed by atoms with Gasteiger partial charge in [-0.1, -0.05) is 12.1 Å². The number of nitrogens with two attached hydrogens (primary N) is 1. The predicted molar refractivity (Wildman–Crippen MR) is 77.6 cm³/mol. The molecule has 0 spiro atoms. The zero-order chi connectivity index (χ0) is 15.6. The first-order valence-electron chi connectivity index (χ1n) is 6.10. The normalized spacial score (nSPS) is 11.8. The molecule has 5 nitrogen and oxygen atoms in total. The Bertz CT molecular complexity index is 745. The summed E-state index contributed by atoms with van der Waals surface area (Å²) >= 11 is 0. The Hall–Kier alpha value is -2.12. The molecule has 0 aliphatic carbocycles. The van der Waals surface area contributed by atoms with E-state index in [0.717, 1.165) is 22.5 Å². The van der Waals surface area contributed by atoms with Crippen LogP contribution in [0.5, 0.6) is 5.75 Å². The monoisotopic (exact) mass is 310 g/mol. The van der Waals surface area contributed by atoms with Crippen LogP contribution in [-0.2, 0) is 16.6 Å². The van der Waals surface area contributed by atoms with Gasteiger partial charge in [-0.25, -0.2) is 12.8 Å². The molecule has 0 saturated heterocycles. The minimum Gasteiger partial charge on any atom is -0.508 e. The van der Waals surface area contributed by atoms with Crippen LogP contribution in [0.15, 0.2) is 47.4 Å². The van der Waals surface area contributed by atoms with E-state index in [9.17, 15) is 17.9 Å².